The van der Waals surface area contributed by atoms with Gasteiger partial charge in [-0.05, 0) is 52.6 Å². The summed E-state index contributed by atoms with van der Waals surface area (Å²) in [7, 11) is 0. The molecule has 4 aromatic carbocycles. The Balaban J connectivity index is 1.62. The molecule has 0 N–H and O–H groups in total. The van der Waals surface area contributed by atoms with Crippen molar-refractivity contribution in [2.24, 2.45) is 0 Å². The van der Waals surface area contributed by atoms with Crippen LogP contribution in [0.1, 0.15) is 16.7 Å². The molecule has 1 heterocycles. The van der Waals surface area contributed by atoms with Crippen molar-refractivity contribution < 1.29 is 0 Å². The molecule has 3 heteroatoms. The molecule has 0 fully saturated rings. The van der Waals surface area contributed by atoms with Crippen molar-refractivity contribution in [3.63, 3.8) is 0 Å². The monoisotopic (exact) mass is 383 g/mol. The average Bonchev–Trinajstić information content (AvgIpc) is 2.82. The summed E-state index contributed by atoms with van der Waals surface area (Å²) in [5, 5.41) is 9.48. The maximum absolute atomic E-state index is 9.48. The molecule has 0 spiro atoms. The van der Waals surface area contributed by atoms with Crippen LogP contribution in [0.3, 0.4) is 0 Å². The first-order chi connectivity index (χ1) is 14.8. The SMILES string of the molecule is [C-]#[N+]c1ccc(C#N)c(-c2ccc(N3c4ccccc4Cc4ccccc43)cc2)c1. The Morgan fingerprint density at radius 3 is 2.03 bits per heavy atom. The van der Waals surface area contributed by atoms with Crippen molar-refractivity contribution in [1.29, 1.82) is 5.26 Å². The zero-order valence-electron chi connectivity index (χ0n) is 16.2. The minimum absolute atomic E-state index is 0.534. The van der Waals surface area contributed by atoms with Crippen molar-refractivity contribution in [2.75, 3.05) is 4.90 Å². The third-order valence-corrected chi connectivity index (χ3v) is 5.54. The normalized spacial score (nSPS) is 11.7. The molecule has 0 unspecified atom stereocenters. The number of para-hydroxylation sites is 2. The van der Waals surface area contributed by atoms with Crippen LogP contribution in [0, 0.1) is 17.9 Å². The highest BCUT2D eigenvalue weighted by Crippen LogP contribution is 2.44. The van der Waals surface area contributed by atoms with Gasteiger partial charge in [-0.3, -0.25) is 0 Å². The standard InChI is InChI=1S/C27H17N3/c1-29-23-13-10-22(18-28)25(17-23)19-11-14-24(15-12-19)30-26-8-4-2-6-20(26)16-21-7-3-5-9-27(21)30/h2-15,17H,16H2. The molecular formula is C27H17N3. The number of rotatable bonds is 2. The van der Waals surface area contributed by atoms with Gasteiger partial charge in [0, 0.05) is 23.5 Å². The maximum Gasteiger partial charge on any atom is 0.187 e. The maximum atomic E-state index is 9.48. The van der Waals surface area contributed by atoms with E-state index in [1.54, 1.807) is 18.2 Å². The minimum atomic E-state index is 0.534. The van der Waals surface area contributed by atoms with Crippen LogP contribution in [-0.2, 0) is 6.42 Å². The molecule has 140 valence electrons. The summed E-state index contributed by atoms with van der Waals surface area (Å²) in [5.74, 6) is 0. The molecule has 30 heavy (non-hydrogen) atoms. The lowest BCUT2D eigenvalue weighted by atomic mass is 9.94. The Labute approximate surface area is 175 Å². The van der Waals surface area contributed by atoms with E-state index in [-0.39, 0.29) is 0 Å². The van der Waals surface area contributed by atoms with E-state index in [2.05, 4.69) is 76.5 Å². The molecule has 4 aromatic rings. The van der Waals surface area contributed by atoms with E-state index in [4.69, 9.17) is 6.57 Å². The highest BCUT2D eigenvalue weighted by atomic mass is 15.2. The van der Waals surface area contributed by atoms with Crippen LogP contribution in [0.2, 0.25) is 0 Å². The molecule has 0 atom stereocenters. The molecule has 0 saturated carbocycles. The molecule has 0 bridgehead atoms. The van der Waals surface area contributed by atoms with E-state index in [9.17, 15) is 5.26 Å². The van der Waals surface area contributed by atoms with Gasteiger partial charge in [0.15, 0.2) is 5.69 Å². The Bertz CT molecular complexity index is 1290. The molecule has 0 radical (unpaired) electrons. The molecule has 5 rings (SSSR count). The highest BCUT2D eigenvalue weighted by Gasteiger charge is 2.23. The Morgan fingerprint density at radius 1 is 0.800 bits per heavy atom. The zero-order chi connectivity index (χ0) is 20.5. The summed E-state index contributed by atoms with van der Waals surface area (Å²) >= 11 is 0. The van der Waals surface area contributed by atoms with Crippen LogP contribution in [0.5, 0.6) is 0 Å². The summed E-state index contributed by atoms with van der Waals surface area (Å²) in [6, 6.07) is 32.6. The fourth-order valence-corrected chi connectivity index (χ4v) is 4.10. The van der Waals surface area contributed by atoms with Crippen molar-refractivity contribution in [3.05, 3.63) is 119 Å². The summed E-state index contributed by atoms with van der Waals surface area (Å²) in [6.07, 6.45) is 0.926. The van der Waals surface area contributed by atoms with Gasteiger partial charge in [0.1, 0.15) is 0 Å². The minimum Gasteiger partial charge on any atom is -0.310 e. The fourth-order valence-electron chi connectivity index (χ4n) is 4.10. The summed E-state index contributed by atoms with van der Waals surface area (Å²) < 4.78 is 0. The van der Waals surface area contributed by atoms with Gasteiger partial charge in [0.25, 0.3) is 0 Å². The van der Waals surface area contributed by atoms with Crippen molar-refractivity contribution in [3.8, 4) is 17.2 Å². The van der Waals surface area contributed by atoms with Crippen molar-refractivity contribution >= 4 is 22.7 Å². The van der Waals surface area contributed by atoms with Crippen LogP contribution in [-0.4, -0.2) is 0 Å². The van der Waals surface area contributed by atoms with Crippen LogP contribution in [0.4, 0.5) is 22.7 Å². The van der Waals surface area contributed by atoms with Gasteiger partial charge in [-0.1, -0.05) is 60.7 Å². The van der Waals surface area contributed by atoms with Crippen LogP contribution >= 0.6 is 0 Å². The quantitative estimate of drug-likeness (QED) is 0.303. The summed E-state index contributed by atoms with van der Waals surface area (Å²) in [4.78, 5) is 5.80. The number of hydrogen-bond acceptors (Lipinski definition) is 2. The topological polar surface area (TPSA) is 31.4 Å². The molecule has 0 aliphatic carbocycles. The van der Waals surface area contributed by atoms with E-state index in [1.165, 1.54) is 22.5 Å². The number of nitriles is 1. The second-order valence-electron chi connectivity index (χ2n) is 7.27. The average molecular weight is 383 g/mol. The van der Waals surface area contributed by atoms with Gasteiger partial charge < -0.3 is 4.90 Å². The van der Waals surface area contributed by atoms with Crippen LogP contribution in [0.15, 0.2) is 91.0 Å². The number of anilines is 3. The second kappa shape index (κ2) is 7.24. The van der Waals surface area contributed by atoms with E-state index in [1.807, 2.05) is 12.1 Å². The highest BCUT2D eigenvalue weighted by molar-refractivity contribution is 5.85. The zero-order valence-corrected chi connectivity index (χ0v) is 16.2. The molecule has 1 aliphatic rings. The van der Waals surface area contributed by atoms with Gasteiger partial charge in [-0.25, -0.2) is 4.85 Å². The van der Waals surface area contributed by atoms with E-state index < -0.39 is 0 Å². The van der Waals surface area contributed by atoms with Gasteiger partial charge in [0.05, 0.1) is 18.2 Å². The van der Waals surface area contributed by atoms with Crippen LogP contribution in [0.25, 0.3) is 16.0 Å². The molecular weight excluding hydrogens is 366 g/mol. The third kappa shape index (κ3) is 2.91. The molecule has 3 nitrogen and oxygen atoms in total. The Kier molecular flexibility index (Phi) is 4.28. The molecule has 0 aromatic heterocycles. The van der Waals surface area contributed by atoms with Gasteiger partial charge >= 0.3 is 0 Å². The predicted molar refractivity (Wildman–Crippen MR) is 120 cm³/mol. The molecule has 0 amide bonds. The number of hydrogen-bond donors (Lipinski definition) is 0. The van der Waals surface area contributed by atoms with Crippen LogP contribution < -0.4 is 4.90 Å². The first-order valence-electron chi connectivity index (χ1n) is 9.76. The Morgan fingerprint density at radius 2 is 1.43 bits per heavy atom. The van der Waals surface area contributed by atoms with E-state index in [0.29, 0.717) is 11.3 Å². The van der Waals surface area contributed by atoms with E-state index >= 15 is 0 Å². The molecule has 1 aliphatic heterocycles. The molecule has 0 saturated heterocycles. The predicted octanol–water partition coefficient (Wildman–Crippen LogP) is 7.15. The lowest BCUT2D eigenvalue weighted by molar-refractivity contribution is 1.09. The lowest BCUT2D eigenvalue weighted by Gasteiger charge is -2.33. The lowest BCUT2D eigenvalue weighted by Crippen LogP contribution is -2.18. The second-order valence-corrected chi connectivity index (χ2v) is 7.27. The fraction of sp³-hybridized carbons (Fsp3) is 0.0370. The Hall–Kier alpha value is -4.34. The van der Waals surface area contributed by atoms with Crippen molar-refractivity contribution in [2.45, 2.75) is 6.42 Å². The number of benzene rings is 4. The first-order valence-corrected chi connectivity index (χ1v) is 9.76. The van der Waals surface area contributed by atoms with Gasteiger partial charge in [-0.15, -0.1) is 0 Å². The third-order valence-electron chi connectivity index (χ3n) is 5.54. The smallest absolute Gasteiger partial charge is 0.187 e. The summed E-state index contributed by atoms with van der Waals surface area (Å²) in [5.41, 5.74) is 8.88. The largest absolute Gasteiger partial charge is 0.310 e. The number of fused-ring (bicyclic) bond motifs is 2. The van der Waals surface area contributed by atoms with Crippen molar-refractivity contribution in [1.82, 2.24) is 0 Å². The summed E-state index contributed by atoms with van der Waals surface area (Å²) in [6.45, 7) is 7.27. The van der Waals surface area contributed by atoms with Gasteiger partial charge in [0.2, 0.25) is 0 Å². The van der Waals surface area contributed by atoms with E-state index in [0.717, 1.165) is 23.2 Å². The first kappa shape index (κ1) is 17.7. The van der Waals surface area contributed by atoms with Gasteiger partial charge in [-0.2, -0.15) is 5.26 Å². The number of nitrogens with zero attached hydrogens (tertiary/aromatic N) is 3.